The fourth-order valence-electron chi connectivity index (χ4n) is 1.79. The molecule has 1 fully saturated rings. The second kappa shape index (κ2) is 6.62. The SMILES string of the molecule is Cl.NCC(NC(=O)c1cccc(Cl)c1Cl)C1CC1. The molecule has 0 saturated heterocycles. The third kappa shape index (κ3) is 3.51. The molecule has 1 amide bonds. The van der Waals surface area contributed by atoms with Crippen molar-refractivity contribution in [2.24, 2.45) is 11.7 Å². The van der Waals surface area contributed by atoms with E-state index < -0.39 is 0 Å². The molecular weight excluding hydrogens is 295 g/mol. The minimum absolute atomic E-state index is 0. The Balaban J connectivity index is 0.00000162. The summed E-state index contributed by atoms with van der Waals surface area (Å²) in [7, 11) is 0. The number of hydrogen-bond acceptors (Lipinski definition) is 2. The van der Waals surface area contributed by atoms with Gasteiger partial charge in [-0.1, -0.05) is 29.3 Å². The first-order chi connectivity index (χ1) is 8.13. The molecule has 100 valence electrons. The smallest absolute Gasteiger partial charge is 0.253 e. The van der Waals surface area contributed by atoms with E-state index in [1.807, 2.05) is 0 Å². The van der Waals surface area contributed by atoms with Crippen LogP contribution in [0.4, 0.5) is 0 Å². The lowest BCUT2D eigenvalue weighted by Crippen LogP contribution is -2.41. The van der Waals surface area contributed by atoms with Crippen molar-refractivity contribution < 1.29 is 4.79 Å². The predicted octanol–water partition coefficient (Wildman–Crippen LogP) is 2.88. The average molecular weight is 310 g/mol. The molecule has 0 radical (unpaired) electrons. The van der Waals surface area contributed by atoms with Gasteiger partial charge in [0.15, 0.2) is 0 Å². The number of amides is 1. The van der Waals surface area contributed by atoms with E-state index in [-0.39, 0.29) is 24.4 Å². The van der Waals surface area contributed by atoms with Gasteiger partial charge in [-0.3, -0.25) is 4.79 Å². The number of nitrogens with one attached hydrogen (secondary N) is 1. The van der Waals surface area contributed by atoms with E-state index in [9.17, 15) is 4.79 Å². The van der Waals surface area contributed by atoms with E-state index in [1.165, 1.54) is 0 Å². The lowest BCUT2D eigenvalue weighted by molar-refractivity contribution is 0.0933. The molecule has 2 rings (SSSR count). The van der Waals surface area contributed by atoms with Crippen LogP contribution in [0.25, 0.3) is 0 Å². The number of benzene rings is 1. The van der Waals surface area contributed by atoms with Crippen molar-refractivity contribution in [3.8, 4) is 0 Å². The average Bonchev–Trinajstić information content (AvgIpc) is 3.13. The summed E-state index contributed by atoms with van der Waals surface area (Å²) < 4.78 is 0. The second-order valence-electron chi connectivity index (χ2n) is 4.25. The van der Waals surface area contributed by atoms with Crippen molar-refractivity contribution in [1.82, 2.24) is 5.32 Å². The normalized spacial score (nSPS) is 15.7. The molecule has 1 aromatic rings. The van der Waals surface area contributed by atoms with Crippen LogP contribution in [-0.4, -0.2) is 18.5 Å². The number of nitrogens with two attached hydrogens (primary N) is 1. The van der Waals surface area contributed by atoms with Crippen LogP contribution in [0.3, 0.4) is 0 Å². The zero-order chi connectivity index (χ0) is 12.4. The number of hydrogen-bond donors (Lipinski definition) is 2. The highest BCUT2D eigenvalue weighted by molar-refractivity contribution is 6.43. The zero-order valence-corrected chi connectivity index (χ0v) is 12.0. The summed E-state index contributed by atoms with van der Waals surface area (Å²) >= 11 is 11.9. The molecule has 6 heteroatoms. The molecule has 1 aliphatic carbocycles. The molecule has 0 spiro atoms. The molecule has 1 aliphatic rings. The Bertz CT molecular complexity index is 435. The summed E-state index contributed by atoms with van der Waals surface area (Å²) in [6.45, 7) is 0.453. The van der Waals surface area contributed by atoms with Crippen LogP contribution in [0.15, 0.2) is 18.2 Å². The van der Waals surface area contributed by atoms with Crippen LogP contribution in [0, 0.1) is 5.92 Å². The van der Waals surface area contributed by atoms with Crippen LogP contribution < -0.4 is 11.1 Å². The number of carbonyl (C=O) groups is 1. The van der Waals surface area contributed by atoms with Gasteiger partial charge in [-0.15, -0.1) is 12.4 Å². The van der Waals surface area contributed by atoms with Gasteiger partial charge in [-0.25, -0.2) is 0 Å². The molecule has 3 N–H and O–H groups in total. The van der Waals surface area contributed by atoms with E-state index >= 15 is 0 Å². The summed E-state index contributed by atoms with van der Waals surface area (Å²) in [6.07, 6.45) is 2.26. The minimum atomic E-state index is -0.208. The van der Waals surface area contributed by atoms with Gasteiger partial charge in [-0.2, -0.15) is 0 Å². The Morgan fingerprint density at radius 1 is 1.44 bits per heavy atom. The molecule has 0 aliphatic heterocycles. The standard InChI is InChI=1S/C12H14Cl2N2O.ClH/c13-9-3-1-2-8(11(9)14)12(17)16-10(6-15)7-4-5-7;/h1-3,7,10H,4-6,15H2,(H,16,17);1H. The summed E-state index contributed by atoms with van der Waals surface area (Å²) in [5.41, 5.74) is 6.04. The summed E-state index contributed by atoms with van der Waals surface area (Å²) in [5, 5.41) is 3.58. The Hall–Kier alpha value is -0.480. The Kier molecular flexibility index (Phi) is 5.73. The molecule has 0 bridgehead atoms. The van der Waals surface area contributed by atoms with Crippen molar-refractivity contribution in [2.75, 3.05) is 6.54 Å². The van der Waals surface area contributed by atoms with E-state index in [0.29, 0.717) is 28.1 Å². The van der Waals surface area contributed by atoms with Gasteiger partial charge >= 0.3 is 0 Å². The first-order valence-electron chi connectivity index (χ1n) is 5.58. The van der Waals surface area contributed by atoms with Gasteiger partial charge in [0, 0.05) is 12.6 Å². The molecule has 0 aromatic heterocycles. The lowest BCUT2D eigenvalue weighted by atomic mass is 10.1. The third-order valence-corrected chi connectivity index (χ3v) is 3.78. The van der Waals surface area contributed by atoms with Gasteiger partial charge < -0.3 is 11.1 Å². The van der Waals surface area contributed by atoms with Crippen molar-refractivity contribution in [3.63, 3.8) is 0 Å². The summed E-state index contributed by atoms with van der Waals surface area (Å²) in [4.78, 5) is 12.0. The molecule has 0 heterocycles. The van der Waals surface area contributed by atoms with Gasteiger partial charge in [-0.05, 0) is 30.9 Å². The highest BCUT2D eigenvalue weighted by atomic mass is 35.5. The molecule has 1 saturated carbocycles. The molecule has 1 unspecified atom stereocenters. The molecule has 3 nitrogen and oxygen atoms in total. The zero-order valence-electron chi connectivity index (χ0n) is 9.66. The van der Waals surface area contributed by atoms with E-state index in [2.05, 4.69) is 5.32 Å². The van der Waals surface area contributed by atoms with Crippen molar-refractivity contribution in [1.29, 1.82) is 0 Å². The molecular formula is C12H15Cl3N2O. The third-order valence-electron chi connectivity index (χ3n) is 2.96. The Morgan fingerprint density at radius 3 is 2.67 bits per heavy atom. The van der Waals surface area contributed by atoms with Crippen molar-refractivity contribution in [3.05, 3.63) is 33.8 Å². The maximum absolute atomic E-state index is 12.0. The molecule has 1 atom stereocenters. The highest BCUT2D eigenvalue weighted by Crippen LogP contribution is 2.32. The van der Waals surface area contributed by atoms with Gasteiger partial charge in [0.1, 0.15) is 0 Å². The minimum Gasteiger partial charge on any atom is -0.348 e. The van der Waals surface area contributed by atoms with Crippen LogP contribution in [-0.2, 0) is 0 Å². The number of rotatable bonds is 4. The van der Waals surface area contributed by atoms with Crippen LogP contribution in [0.2, 0.25) is 10.0 Å². The maximum Gasteiger partial charge on any atom is 0.253 e. The largest absolute Gasteiger partial charge is 0.348 e. The lowest BCUT2D eigenvalue weighted by Gasteiger charge is -2.16. The number of carbonyl (C=O) groups excluding carboxylic acids is 1. The predicted molar refractivity (Wildman–Crippen MR) is 76.7 cm³/mol. The van der Waals surface area contributed by atoms with E-state index in [0.717, 1.165) is 12.8 Å². The van der Waals surface area contributed by atoms with Crippen molar-refractivity contribution in [2.45, 2.75) is 18.9 Å². The topological polar surface area (TPSA) is 55.1 Å². The van der Waals surface area contributed by atoms with E-state index in [4.69, 9.17) is 28.9 Å². The van der Waals surface area contributed by atoms with Gasteiger partial charge in [0.05, 0.1) is 15.6 Å². The summed E-state index contributed by atoms with van der Waals surface area (Å²) in [5.74, 6) is 0.307. The number of halogens is 3. The first kappa shape index (κ1) is 15.6. The van der Waals surface area contributed by atoms with Crippen LogP contribution >= 0.6 is 35.6 Å². The molecule has 18 heavy (non-hydrogen) atoms. The summed E-state index contributed by atoms with van der Waals surface area (Å²) in [6, 6.07) is 5.06. The van der Waals surface area contributed by atoms with Crippen molar-refractivity contribution >= 4 is 41.5 Å². The monoisotopic (exact) mass is 308 g/mol. The van der Waals surface area contributed by atoms with Crippen LogP contribution in [0.5, 0.6) is 0 Å². The first-order valence-corrected chi connectivity index (χ1v) is 6.34. The Labute approximate surface area is 122 Å². The van der Waals surface area contributed by atoms with Crippen LogP contribution in [0.1, 0.15) is 23.2 Å². The maximum atomic E-state index is 12.0. The highest BCUT2D eigenvalue weighted by Gasteiger charge is 2.31. The van der Waals surface area contributed by atoms with E-state index in [1.54, 1.807) is 18.2 Å². The van der Waals surface area contributed by atoms with Gasteiger partial charge in [0.25, 0.3) is 5.91 Å². The Morgan fingerprint density at radius 2 is 2.11 bits per heavy atom. The molecule has 1 aromatic carbocycles. The fourth-order valence-corrected chi connectivity index (χ4v) is 2.18. The fraction of sp³-hybridized carbons (Fsp3) is 0.417. The quantitative estimate of drug-likeness (QED) is 0.898. The van der Waals surface area contributed by atoms with Gasteiger partial charge in [0.2, 0.25) is 0 Å². The second-order valence-corrected chi connectivity index (χ2v) is 5.04.